The highest BCUT2D eigenvalue weighted by Crippen LogP contribution is 2.31. The van der Waals surface area contributed by atoms with Crippen LogP contribution in [0.2, 0.25) is 5.02 Å². The van der Waals surface area contributed by atoms with Gasteiger partial charge >= 0.3 is 0 Å². The molecule has 0 saturated heterocycles. The van der Waals surface area contributed by atoms with E-state index in [2.05, 4.69) is 27.3 Å². The number of carbonyl (C=O) groups is 1. The highest BCUT2D eigenvalue weighted by molar-refractivity contribution is 14.1. The molecule has 0 aromatic heterocycles. The molecule has 4 rings (SSSR count). The van der Waals surface area contributed by atoms with Gasteiger partial charge in [0.1, 0.15) is 0 Å². The molecule has 0 unspecified atom stereocenters. The fraction of sp³-hybridized carbons (Fsp3) is 0.136. The standard InChI is InChI=1S/C22H18ClIN2O3S/c23-17-5-1-3-16(13-17)22(27)26-12-2-4-15-14-20(10-11-21(15)26)30(28,29)25-19-8-6-18(24)7-9-19/h1,3,5-11,13-14,25H,2,4,12H2. The lowest BCUT2D eigenvalue weighted by Gasteiger charge is -2.30. The lowest BCUT2D eigenvalue weighted by atomic mass is 10.0. The third kappa shape index (κ3) is 4.48. The van der Waals surface area contributed by atoms with E-state index in [4.69, 9.17) is 11.6 Å². The Hall–Kier alpha value is -2.10. The third-order valence-electron chi connectivity index (χ3n) is 4.89. The summed E-state index contributed by atoms with van der Waals surface area (Å²) in [5, 5.41) is 0.501. The van der Waals surface area contributed by atoms with Crippen LogP contribution in [0.25, 0.3) is 0 Å². The van der Waals surface area contributed by atoms with Crippen LogP contribution >= 0.6 is 34.2 Å². The van der Waals surface area contributed by atoms with Crippen LogP contribution in [0, 0.1) is 3.57 Å². The molecule has 1 aliphatic heterocycles. The molecule has 0 spiro atoms. The number of fused-ring (bicyclic) bond motifs is 1. The molecule has 0 fully saturated rings. The topological polar surface area (TPSA) is 66.5 Å². The van der Waals surface area contributed by atoms with Gasteiger partial charge < -0.3 is 4.90 Å². The van der Waals surface area contributed by atoms with Gasteiger partial charge in [0.15, 0.2) is 0 Å². The van der Waals surface area contributed by atoms with Crippen molar-refractivity contribution in [3.8, 4) is 0 Å². The molecule has 1 aliphatic rings. The summed E-state index contributed by atoms with van der Waals surface area (Å²) in [6.45, 7) is 0.575. The predicted octanol–water partition coefficient (Wildman–Crippen LogP) is 5.34. The minimum atomic E-state index is -3.73. The fourth-order valence-electron chi connectivity index (χ4n) is 3.46. The first-order valence-corrected chi connectivity index (χ1v) is 12.3. The Morgan fingerprint density at radius 1 is 1.03 bits per heavy atom. The third-order valence-corrected chi connectivity index (χ3v) is 7.23. The van der Waals surface area contributed by atoms with E-state index in [1.54, 1.807) is 53.4 Å². The van der Waals surface area contributed by atoms with Crippen molar-refractivity contribution in [3.63, 3.8) is 0 Å². The summed E-state index contributed by atoms with van der Waals surface area (Å²) in [6.07, 6.45) is 1.47. The zero-order valence-electron chi connectivity index (χ0n) is 15.8. The Labute approximate surface area is 194 Å². The average molecular weight is 553 g/mol. The second-order valence-electron chi connectivity index (χ2n) is 6.97. The molecule has 1 N–H and O–H groups in total. The van der Waals surface area contributed by atoms with Crippen LogP contribution in [-0.2, 0) is 16.4 Å². The van der Waals surface area contributed by atoms with Crippen molar-refractivity contribution >= 4 is 61.5 Å². The van der Waals surface area contributed by atoms with Crippen LogP contribution in [0.1, 0.15) is 22.3 Å². The van der Waals surface area contributed by atoms with Crippen molar-refractivity contribution in [3.05, 3.63) is 86.4 Å². The summed E-state index contributed by atoms with van der Waals surface area (Å²) < 4.78 is 29.3. The van der Waals surface area contributed by atoms with E-state index in [1.807, 2.05) is 12.1 Å². The Kier molecular flexibility index (Phi) is 6.04. The first-order valence-electron chi connectivity index (χ1n) is 9.32. The number of amides is 1. The largest absolute Gasteiger partial charge is 0.308 e. The maximum Gasteiger partial charge on any atom is 0.261 e. The van der Waals surface area contributed by atoms with Gasteiger partial charge in [-0.2, -0.15) is 0 Å². The summed E-state index contributed by atoms with van der Waals surface area (Å²) >= 11 is 8.19. The van der Waals surface area contributed by atoms with Gasteiger partial charge in [-0.25, -0.2) is 8.42 Å². The van der Waals surface area contributed by atoms with Crippen LogP contribution in [0.3, 0.4) is 0 Å². The molecular weight excluding hydrogens is 535 g/mol. The summed E-state index contributed by atoms with van der Waals surface area (Å²) in [6, 6.07) is 18.9. The molecule has 0 saturated carbocycles. The second kappa shape index (κ2) is 8.56. The molecule has 8 heteroatoms. The molecule has 0 bridgehead atoms. The summed E-state index contributed by atoms with van der Waals surface area (Å²) in [7, 11) is -3.73. The molecular formula is C22H18ClIN2O3S. The van der Waals surface area contributed by atoms with Gasteiger partial charge in [0.2, 0.25) is 0 Å². The van der Waals surface area contributed by atoms with Gasteiger partial charge in [0.05, 0.1) is 4.90 Å². The average Bonchev–Trinajstić information content (AvgIpc) is 2.74. The molecule has 3 aromatic rings. The molecule has 0 radical (unpaired) electrons. The van der Waals surface area contributed by atoms with Crippen LogP contribution in [0.15, 0.2) is 71.6 Å². The number of nitrogens with one attached hydrogen (secondary N) is 1. The number of hydrogen-bond acceptors (Lipinski definition) is 3. The molecule has 3 aromatic carbocycles. The van der Waals surface area contributed by atoms with Gasteiger partial charge in [0.25, 0.3) is 15.9 Å². The second-order valence-corrected chi connectivity index (χ2v) is 10.3. The number of benzene rings is 3. The molecule has 154 valence electrons. The maximum absolute atomic E-state index is 13.0. The number of hydrogen-bond donors (Lipinski definition) is 1. The monoisotopic (exact) mass is 552 g/mol. The number of rotatable bonds is 4. The fourth-order valence-corrected chi connectivity index (χ4v) is 5.12. The predicted molar refractivity (Wildman–Crippen MR) is 128 cm³/mol. The van der Waals surface area contributed by atoms with Crippen molar-refractivity contribution in [2.45, 2.75) is 17.7 Å². The van der Waals surface area contributed by atoms with Gasteiger partial charge in [-0.15, -0.1) is 0 Å². The molecule has 30 heavy (non-hydrogen) atoms. The van der Waals surface area contributed by atoms with Crippen molar-refractivity contribution in [1.29, 1.82) is 0 Å². The van der Waals surface area contributed by atoms with Gasteiger partial charge in [-0.1, -0.05) is 17.7 Å². The van der Waals surface area contributed by atoms with E-state index in [9.17, 15) is 13.2 Å². The first kappa shape index (κ1) is 21.1. The Balaban J connectivity index is 1.63. The number of nitrogens with zero attached hydrogens (tertiary/aromatic N) is 1. The maximum atomic E-state index is 13.0. The molecule has 1 amide bonds. The number of carbonyl (C=O) groups excluding carboxylic acids is 1. The van der Waals surface area contributed by atoms with E-state index in [1.165, 1.54) is 6.07 Å². The number of sulfonamides is 1. The smallest absolute Gasteiger partial charge is 0.261 e. The van der Waals surface area contributed by atoms with E-state index >= 15 is 0 Å². The summed E-state index contributed by atoms with van der Waals surface area (Å²) in [5.74, 6) is -0.147. The Morgan fingerprint density at radius 3 is 2.53 bits per heavy atom. The van der Waals surface area contributed by atoms with E-state index in [0.29, 0.717) is 29.2 Å². The lowest BCUT2D eigenvalue weighted by Crippen LogP contribution is -2.35. The van der Waals surface area contributed by atoms with Crippen molar-refractivity contribution in [2.24, 2.45) is 0 Å². The molecule has 0 atom stereocenters. The highest BCUT2D eigenvalue weighted by Gasteiger charge is 2.26. The first-order chi connectivity index (χ1) is 14.3. The zero-order valence-corrected chi connectivity index (χ0v) is 19.5. The van der Waals surface area contributed by atoms with Crippen molar-refractivity contribution in [1.82, 2.24) is 0 Å². The Bertz CT molecular complexity index is 1210. The van der Waals surface area contributed by atoms with E-state index in [0.717, 1.165) is 21.2 Å². The Morgan fingerprint density at radius 2 is 1.80 bits per heavy atom. The van der Waals surface area contributed by atoms with Crippen LogP contribution < -0.4 is 9.62 Å². The van der Waals surface area contributed by atoms with Gasteiger partial charge in [-0.05, 0) is 102 Å². The molecule has 5 nitrogen and oxygen atoms in total. The molecule has 0 aliphatic carbocycles. The molecule has 1 heterocycles. The number of halogens is 2. The SMILES string of the molecule is O=C(c1cccc(Cl)c1)N1CCCc2cc(S(=O)(=O)Nc3ccc(I)cc3)ccc21. The minimum Gasteiger partial charge on any atom is -0.308 e. The zero-order chi connectivity index (χ0) is 21.3. The quantitative estimate of drug-likeness (QED) is 0.445. The number of anilines is 2. The van der Waals surface area contributed by atoms with Crippen molar-refractivity contribution in [2.75, 3.05) is 16.2 Å². The van der Waals surface area contributed by atoms with Crippen molar-refractivity contribution < 1.29 is 13.2 Å². The van der Waals surface area contributed by atoms with Gasteiger partial charge in [-0.3, -0.25) is 9.52 Å². The summed E-state index contributed by atoms with van der Waals surface area (Å²) in [5.41, 5.74) is 2.58. The highest BCUT2D eigenvalue weighted by atomic mass is 127. The van der Waals surface area contributed by atoms with Crippen LogP contribution in [-0.4, -0.2) is 20.9 Å². The van der Waals surface area contributed by atoms with E-state index in [-0.39, 0.29) is 10.8 Å². The number of aryl methyl sites for hydroxylation is 1. The summed E-state index contributed by atoms with van der Waals surface area (Å²) in [4.78, 5) is 14.9. The van der Waals surface area contributed by atoms with Crippen LogP contribution in [0.4, 0.5) is 11.4 Å². The normalized spacial score (nSPS) is 13.6. The lowest BCUT2D eigenvalue weighted by molar-refractivity contribution is 0.0985. The van der Waals surface area contributed by atoms with Gasteiger partial charge in [0, 0.05) is 32.1 Å². The van der Waals surface area contributed by atoms with E-state index < -0.39 is 10.0 Å². The minimum absolute atomic E-state index is 0.147. The van der Waals surface area contributed by atoms with Crippen LogP contribution in [0.5, 0.6) is 0 Å².